The molecule has 1 N–H and O–H groups in total. The Balaban J connectivity index is 2.27. The van der Waals surface area contributed by atoms with E-state index in [0.29, 0.717) is 0 Å². The lowest BCUT2D eigenvalue weighted by molar-refractivity contribution is 0.0262. The summed E-state index contributed by atoms with van der Waals surface area (Å²) in [4.78, 5) is 0.728. The molecular weight excluding hydrogens is 246 g/mol. The highest BCUT2D eigenvalue weighted by Crippen LogP contribution is 2.31. The molecule has 1 aliphatic carbocycles. The van der Waals surface area contributed by atoms with E-state index in [2.05, 4.69) is 4.36 Å². The van der Waals surface area contributed by atoms with E-state index >= 15 is 0 Å². The van der Waals surface area contributed by atoms with Gasteiger partial charge < -0.3 is 5.11 Å². The van der Waals surface area contributed by atoms with Gasteiger partial charge in [0.15, 0.2) is 0 Å². The van der Waals surface area contributed by atoms with E-state index in [1.807, 2.05) is 30.3 Å². The fourth-order valence-corrected chi connectivity index (χ4v) is 4.71. The third-order valence-electron chi connectivity index (χ3n) is 3.66. The van der Waals surface area contributed by atoms with Crippen LogP contribution in [0.25, 0.3) is 0 Å². The van der Waals surface area contributed by atoms with E-state index in [-0.39, 0.29) is 5.75 Å². The molecule has 100 valence electrons. The van der Waals surface area contributed by atoms with Crippen molar-refractivity contribution in [2.75, 3.05) is 12.8 Å². The van der Waals surface area contributed by atoms with Crippen LogP contribution in [0.5, 0.6) is 0 Å². The van der Waals surface area contributed by atoms with Gasteiger partial charge in [-0.3, -0.25) is 0 Å². The van der Waals surface area contributed by atoms with Crippen LogP contribution in [-0.4, -0.2) is 27.7 Å². The molecule has 0 aliphatic heterocycles. The lowest BCUT2D eigenvalue weighted by Crippen LogP contribution is -2.38. The van der Waals surface area contributed by atoms with Gasteiger partial charge in [-0.25, -0.2) is 8.57 Å². The lowest BCUT2D eigenvalue weighted by atomic mass is 9.86. The van der Waals surface area contributed by atoms with Gasteiger partial charge in [0.2, 0.25) is 0 Å². The van der Waals surface area contributed by atoms with Gasteiger partial charge in [-0.2, -0.15) is 0 Å². The molecule has 1 aliphatic rings. The van der Waals surface area contributed by atoms with E-state index < -0.39 is 15.3 Å². The minimum absolute atomic E-state index is 0.264. The molecule has 0 aromatic heterocycles. The minimum atomic E-state index is -2.49. The highest BCUT2D eigenvalue weighted by Gasteiger charge is 2.33. The van der Waals surface area contributed by atoms with Gasteiger partial charge in [-0.15, -0.1) is 0 Å². The summed E-state index contributed by atoms with van der Waals surface area (Å²) in [5.41, 5.74) is -0.801. The average Bonchev–Trinajstić information content (AvgIpc) is 2.40. The maximum atomic E-state index is 12.9. The van der Waals surface area contributed by atoms with Crippen molar-refractivity contribution >= 4 is 9.73 Å². The molecule has 1 aromatic rings. The Kier molecular flexibility index (Phi) is 4.07. The van der Waals surface area contributed by atoms with Crippen LogP contribution >= 0.6 is 0 Å². The number of rotatable bonds is 3. The van der Waals surface area contributed by atoms with Crippen molar-refractivity contribution in [2.45, 2.75) is 42.6 Å². The molecule has 0 spiro atoms. The summed E-state index contributed by atoms with van der Waals surface area (Å²) in [7, 11) is -0.904. The number of hydrogen-bond donors (Lipinski definition) is 1. The third-order valence-corrected chi connectivity index (χ3v) is 6.18. The second-order valence-corrected chi connectivity index (χ2v) is 7.47. The van der Waals surface area contributed by atoms with Crippen LogP contribution in [0.2, 0.25) is 0 Å². The molecule has 1 atom stereocenters. The molecule has 1 aromatic carbocycles. The van der Waals surface area contributed by atoms with Crippen LogP contribution in [0.15, 0.2) is 39.6 Å². The Labute approximate surface area is 109 Å². The largest absolute Gasteiger partial charge is 0.389 e. The third kappa shape index (κ3) is 2.93. The standard InChI is InChI=1S/C14H21NO2S/c1-15-18(17,13-8-4-2-5-9-13)12-14(16)10-6-3-7-11-14/h2,4-5,8-9,16H,3,6-7,10-12H2,1H3. The van der Waals surface area contributed by atoms with Crippen LogP contribution < -0.4 is 0 Å². The van der Waals surface area contributed by atoms with Crippen LogP contribution in [-0.2, 0) is 9.73 Å². The van der Waals surface area contributed by atoms with Crippen molar-refractivity contribution in [3.63, 3.8) is 0 Å². The number of nitrogens with zero attached hydrogens (tertiary/aromatic N) is 1. The summed E-state index contributed by atoms with van der Waals surface area (Å²) >= 11 is 0. The molecule has 18 heavy (non-hydrogen) atoms. The number of benzene rings is 1. The van der Waals surface area contributed by atoms with E-state index in [9.17, 15) is 9.32 Å². The summed E-state index contributed by atoms with van der Waals surface area (Å²) < 4.78 is 17.0. The fourth-order valence-electron chi connectivity index (χ4n) is 2.60. The quantitative estimate of drug-likeness (QED) is 0.915. The molecule has 0 bridgehead atoms. The summed E-state index contributed by atoms with van der Waals surface area (Å²) in [6, 6.07) is 9.30. The first-order valence-electron chi connectivity index (χ1n) is 6.48. The van der Waals surface area contributed by atoms with E-state index in [1.165, 1.54) is 0 Å². The average molecular weight is 267 g/mol. The van der Waals surface area contributed by atoms with Gasteiger partial charge >= 0.3 is 0 Å². The molecule has 4 heteroatoms. The second-order valence-electron chi connectivity index (χ2n) is 5.07. The van der Waals surface area contributed by atoms with Gasteiger partial charge in [0.25, 0.3) is 0 Å². The first-order chi connectivity index (χ1) is 8.58. The molecule has 1 fully saturated rings. The molecule has 1 saturated carbocycles. The second kappa shape index (κ2) is 5.41. The Hall–Kier alpha value is -0.870. The molecule has 2 rings (SSSR count). The van der Waals surface area contributed by atoms with Gasteiger partial charge in [-0.1, -0.05) is 37.5 Å². The number of hydrogen-bond acceptors (Lipinski definition) is 3. The van der Waals surface area contributed by atoms with Crippen molar-refractivity contribution in [1.29, 1.82) is 0 Å². The lowest BCUT2D eigenvalue weighted by Gasteiger charge is -2.32. The molecular formula is C14H21NO2S. The van der Waals surface area contributed by atoms with E-state index in [1.54, 1.807) is 7.05 Å². The van der Waals surface area contributed by atoms with Crippen LogP contribution in [0.4, 0.5) is 0 Å². The first-order valence-corrected chi connectivity index (χ1v) is 8.17. The highest BCUT2D eigenvalue weighted by atomic mass is 32.2. The predicted molar refractivity (Wildman–Crippen MR) is 74.1 cm³/mol. The molecule has 1 unspecified atom stereocenters. The van der Waals surface area contributed by atoms with Crippen molar-refractivity contribution in [3.8, 4) is 0 Å². The smallest absolute Gasteiger partial charge is 0.0777 e. The highest BCUT2D eigenvalue weighted by molar-refractivity contribution is 7.93. The zero-order chi connectivity index (χ0) is 13.1. The van der Waals surface area contributed by atoms with Crippen molar-refractivity contribution in [2.24, 2.45) is 4.36 Å². The van der Waals surface area contributed by atoms with Crippen LogP contribution in [0, 0.1) is 0 Å². The first kappa shape index (κ1) is 13.6. The summed E-state index contributed by atoms with van der Waals surface area (Å²) in [5.74, 6) is 0.264. The van der Waals surface area contributed by atoms with Crippen LogP contribution in [0.1, 0.15) is 32.1 Å². The van der Waals surface area contributed by atoms with E-state index in [0.717, 1.165) is 37.0 Å². The molecule has 0 radical (unpaired) electrons. The van der Waals surface area contributed by atoms with Crippen molar-refractivity contribution in [3.05, 3.63) is 30.3 Å². The van der Waals surface area contributed by atoms with Gasteiger partial charge in [-0.05, 0) is 25.0 Å². The Bertz CT molecular complexity index is 498. The minimum Gasteiger partial charge on any atom is -0.389 e. The fraction of sp³-hybridized carbons (Fsp3) is 0.571. The monoisotopic (exact) mass is 267 g/mol. The Morgan fingerprint density at radius 3 is 2.39 bits per heavy atom. The summed E-state index contributed by atoms with van der Waals surface area (Å²) in [6.07, 6.45) is 4.69. The zero-order valence-electron chi connectivity index (χ0n) is 10.8. The van der Waals surface area contributed by atoms with Crippen molar-refractivity contribution < 1.29 is 9.32 Å². The van der Waals surface area contributed by atoms with Gasteiger partial charge in [0, 0.05) is 11.9 Å². The Morgan fingerprint density at radius 2 is 1.83 bits per heavy atom. The summed E-state index contributed by atoms with van der Waals surface area (Å²) in [6.45, 7) is 0. The maximum Gasteiger partial charge on any atom is 0.0777 e. The van der Waals surface area contributed by atoms with Crippen LogP contribution in [0.3, 0.4) is 0 Å². The van der Waals surface area contributed by atoms with Gasteiger partial charge in [0.05, 0.1) is 21.1 Å². The number of aliphatic hydroxyl groups is 1. The summed E-state index contributed by atoms with van der Waals surface area (Å²) in [5, 5.41) is 10.6. The maximum absolute atomic E-state index is 12.9. The van der Waals surface area contributed by atoms with E-state index in [4.69, 9.17) is 0 Å². The normalized spacial score (nSPS) is 22.1. The zero-order valence-corrected chi connectivity index (χ0v) is 11.7. The SMILES string of the molecule is CN=S(=O)(CC1(O)CCCCC1)c1ccccc1. The molecule has 0 heterocycles. The molecule has 0 saturated heterocycles. The Morgan fingerprint density at radius 1 is 1.22 bits per heavy atom. The molecule has 0 amide bonds. The van der Waals surface area contributed by atoms with Crippen molar-refractivity contribution in [1.82, 2.24) is 0 Å². The molecule has 3 nitrogen and oxygen atoms in total. The van der Waals surface area contributed by atoms with Gasteiger partial charge in [0.1, 0.15) is 0 Å². The predicted octanol–water partition coefficient (Wildman–Crippen LogP) is 2.84. The topological polar surface area (TPSA) is 49.7 Å².